The van der Waals surface area contributed by atoms with Gasteiger partial charge in [0.15, 0.2) is 0 Å². The summed E-state index contributed by atoms with van der Waals surface area (Å²) in [6.07, 6.45) is 22.3. The molecule has 0 radical (unpaired) electrons. The van der Waals surface area contributed by atoms with E-state index < -0.39 is 0 Å². The van der Waals surface area contributed by atoms with Crippen LogP contribution < -0.4 is 10.6 Å². The number of hydrogen-bond donors (Lipinski definition) is 2. The largest absolute Gasteiger partial charge is 0.633 e. The summed E-state index contributed by atoms with van der Waals surface area (Å²) in [5.41, 5.74) is 0. The number of unbranched alkanes of at least 4 members (excludes halogenated alkanes) is 14. The summed E-state index contributed by atoms with van der Waals surface area (Å²) in [5.74, 6) is -0.0353. The van der Waals surface area contributed by atoms with Crippen molar-refractivity contribution in [1.29, 1.82) is 0 Å². The minimum atomic E-state index is -0.371. The van der Waals surface area contributed by atoms with Gasteiger partial charge in [-0.05, 0) is 12.8 Å². The molecule has 0 atom stereocenters. The fourth-order valence-corrected chi connectivity index (χ4v) is 4.41. The van der Waals surface area contributed by atoms with Crippen molar-refractivity contribution >= 4 is 17.6 Å². The van der Waals surface area contributed by atoms with E-state index in [1.54, 1.807) is 14.1 Å². The summed E-state index contributed by atoms with van der Waals surface area (Å²) in [7, 11) is 3.15. The molecule has 0 bridgehead atoms. The van der Waals surface area contributed by atoms with Crippen molar-refractivity contribution in [3.05, 3.63) is 5.21 Å². The lowest BCUT2D eigenvalue weighted by Gasteiger charge is -2.33. The molecule has 37 heavy (non-hydrogen) atoms. The Balaban J connectivity index is 3.40. The molecule has 0 rings (SSSR count). The summed E-state index contributed by atoms with van der Waals surface area (Å²) in [5, 5.41) is 17.1. The number of nitrogens with one attached hydrogen (secondary N) is 2. The Morgan fingerprint density at radius 1 is 0.541 bits per heavy atom. The Labute approximate surface area is 228 Å². The monoisotopic (exact) mass is 525 g/mol. The zero-order chi connectivity index (χ0) is 27.6. The SMILES string of the molecule is CCCCCCCCCCCCCCCCCC(=O)NCCCC(=O)CCC(=O)NCCC[N+](C)(C)[O-]. The Morgan fingerprint density at radius 2 is 0.973 bits per heavy atom. The van der Waals surface area contributed by atoms with Gasteiger partial charge in [0.25, 0.3) is 0 Å². The summed E-state index contributed by atoms with van der Waals surface area (Å²) >= 11 is 0. The van der Waals surface area contributed by atoms with Crippen molar-refractivity contribution in [2.24, 2.45) is 0 Å². The predicted octanol–water partition coefficient (Wildman–Crippen LogP) is 6.57. The predicted molar refractivity (Wildman–Crippen MR) is 154 cm³/mol. The van der Waals surface area contributed by atoms with Gasteiger partial charge in [0.1, 0.15) is 5.78 Å². The number of hydrogen-bond acceptors (Lipinski definition) is 4. The van der Waals surface area contributed by atoms with Crippen molar-refractivity contribution in [2.45, 2.75) is 142 Å². The van der Waals surface area contributed by atoms with Crippen LogP contribution in [-0.4, -0.2) is 56.0 Å². The summed E-state index contributed by atoms with van der Waals surface area (Å²) in [4.78, 5) is 35.7. The van der Waals surface area contributed by atoms with E-state index in [1.165, 1.54) is 83.5 Å². The molecule has 218 valence electrons. The van der Waals surface area contributed by atoms with Gasteiger partial charge in [-0.2, -0.15) is 0 Å². The molecule has 0 heterocycles. The third kappa shape index (κ3) is 28.9. The molecule has 0 aliphatic rings. The van der Waals surface area contributed by atoms with Gasteiger partial charge in [-0.1, -0.05) is 96.8 Å². The van der Waals surface area contributed by atoms with E-state index in [2.05, 4.69) is 17.6 Å². The van der Waals surface area contributed by atoms with E-state index in [0.29, 0.717) is 45.3 Å². The van der Waals surface area contributed by atoms with Gasteiger partial charge in [-0.25, -0.2) is 0 Å². The highest BCUT2D eigenvalue weighted by molar-refractivity contribution is 5.84. The van der Waals surface area contributed by atoms with Gasteiger partial charge >= 0.3 is 0 Å². The van der Waals surface area contributed by atoms with Gasteiger partial charge < -0.3 is 20.5 Å². The molecular weight excluding hydrogens is 466 g/mol. The Kier molecular flexibility index (Phi) is 23.9. The molecule has 0 aromatic heterocycles. The van der Waals surface area contributed by atoms with E-state index in [1.807, 2.05) is 0 Å². The molecule has 0 aromatic carbocycles. The van der Waals surface area contributed by atoms with Crippen LogP contribution in [-0.2, 0) is 14.4 Å². The normalized spacial score (nSPS) is 11.5. The second-order valence-corrected chi connectivity index (χ2v) is 11.2. The summed E-state index contributed by atoms with van der Waals surface area (Å²) < 4.78 is -0.371. The number of rotatable bonds is 27. The number of quaternary nitrogens is 1. The molecule has 0 spiro atoms. The fourth-order valence-electron chi connectivity index (χ4n) is 4.41. The first kappa shape index (κ1) is 35.5. The minimum absolute atomic E-state index is 0.0455. The van der Waals surface area contributed by atoms with E-state index >= 15 is 0 Å². The topological polar surface area (TPSA) is 98.3 Å². The highest BCUT2D eigenvalue weighted by Crippen LogP contribution is 2.13. The van der Waals surface area contributed by atoms with Crippen molar-refractivity contribution in [3.63, 3.8) is 0 Å². The van der Waals surface area contributed by atoms with Gasteiger partial charge in [0.05, 0.1) is 20.6 Å². The number of amides is 2. The first-order chi connectivity index (χ1) is 17.7. The number of nitrogens with zero attached hydrogens (tertiary/aromatic N) is 1. The molecule has 7 nitrogen and oxygen atoms in total. The molecule has 0 aliphatic heterocycles. The van der Waals surface area contributed by atoms with Crippen molar-refractivity contribution in [3.8, 4) is 0 Å². The van der Waals surface area contributed by atoms with Crippen LogP contribution in [0.3, 0.4) is 0 Å². The van der Waals surface area contributed by atoms with Crippen LogP contribution in [0.1, 0.15) is 142 Å². The fraction of sp³-hybridized carbons (Fsp3) is 0.900. The van der Waals surface area contributed by atoms with E-state index in [4.69, 9.17) is 0 Å². The zero-order valence-corrected chi connectivity index (χ0v) is 24.6. The lowest BCUT2D eigenvalue weighted by atomic mass is 10.0. The Hall–Kier alpha value is -1.47. The highest BCUT2D eigenvalue weighted by atomic mass is 16.5. The molecular formula is C30H59N3O4. The third-order valence-electron chi connectivity index (χ3n) is 6.79. The Bertz CT molecular complexity index is 576. The molecule has 0 unspecified atom stereocenters. The van der Waals surface area contributed by atoms with E-state index in [0.717, 1.165) is 12.8 Å². The van der Waals surface area contributed by atoms with Gasteiger partial charge in [-0.3, -0.25) is 14.4 Å². The average molecular weight is 526 g/mol. The first-order valence-corrected chi connectivity index (χ1v) is 15.3. The molecule has 0 fully saturated rings. The molecule has 2 N–H and O–H groups in total. The van der Waals surface area contributed by atoms with Crippen molar-refractivity contribution in [2.75, 3.05) is 33.7 Å². The first-order valence-electron chi connectivity index (χ1n) is 15.3. The van der Waals surface area contributed by atoms with Gasteiger partial charge in [0, 0.05) is 45.2 Å². The molecule has 0 saturated carbocycles. The third-order valence-corrected chi connectivity index (χ3v) is 6.79. The second-order valence-electron chi connectivity index (χ2n) is 11.2. The lowest BCUT2D eigenvalue weighted by molar-refractivity contribution is -0.840. The molecule has 0 aromatic rings. The Morgan fingerprint density at radius 3 is 1.46 bits per heavy atom. The van der Waals surface area contributed by atoms with Crippen LogP contribution >= 0.6 is 0 Å². The maximum Gasteiger partial charge on any atom is 0.220 e. The zero-order valence-electron chi connectivity index (χ0n) is 24.6. The number of carbonyl (C=O) groups is 3. The highest BCUT2D eigenvalue weighted by Gasteiger charge is 2.08. The number of ketones is 1. The van der Waals surface area contributed by atoms with E-state index in [9.17, 15) is 19.6 Å². The maximum absolute atomic E-state index is 12.0. The number of hydroxylamine groups is 3. The van der Waals surface area contributed by atoms with Gasteiger partial charge in [-0.15, -0.1) is 0 Å². The van der Waals surface area contributed by atoms with Crippen LogP contribution in [0.2, 0.25) is 0 Å². The minimum Gasteiger partial charge on any atom is -0.633 e. The van der Waals surface area contributed by atoms with Crippen LogP contribution in [0.4, 0.5) is 0 Å². The summed E-state index contributed by atoms with van der Waals surface area (Å²) in [6, 6.07) is 0. The van der Waals surface area contributed by atoms with Crippen LogP contribution in [0.15, 0.2) is 0 Å². The second kappa shape index (κ2) is 24.8. The standard InChI is InChI=1S/C30H59N3O4/c1-4-5-6-7-8-9-10-11-12-13-14-15-16-17-18-22-29(35)31-25-19-21-28(34)23-24-30(36)32-26-20-27-33(2,3)37/h4-27H2,1-3H3,(H,31,35)(H,32,36). The van der Waals surface area contributed by atoms with Crippen LogP contribution in [0.5, 0.6) is 0 Å². The van der Waals surface area contributed by atoms with Gasteiger partial charge in [0.2, 0.25) is 11.8 Å². The molecule has 0 saturated heterocycles. The number of carbonyl (C=O) groups excluding carboxylic acids is 3. The smallest absolute Gasteiger partial charge is 0.220 e. The molecule has 7 heteroatoms. The molecule has 0 aliphatic carbocycles. The average Bonchev–Trinajstić information content (AvgIpc) is 2.85. The van der Waals surface area contributed by atoms with Crippen molar-refractivity contribution in [1.82, 2.24) is 10.6 Å². The molecule has 2 amide bonds. The number of Topliss-reactive ketones (excluding diaryl/α,β-unsaturated/α-hetero) is 1. The van der Waals surface area contributed by atoms with Crippen LogP contribution in [0.25, 0.3) is 0 Å². The van der Waals surface area contributed by atoms with Crippen LogP contribution in [0, 0.1) is 5.21 Å². The van der Waals surface area contributed by atoms with Crippen molar-refractivity contribution < 1.29 is 19.0 Å². The summed E-state index contributed by atoms with van der Waals surface area (Å²) in [6.45, 7) is 3.69. The van der Waals surface area contributed by atoms with E-state index in [-0.39, 0.29) is 35.1 Å². The quantitative estimate of drug-likeness (QED) is 0.0719. The lowest BCUT2D eigenvalue weighted by Crippen LogP contribution is -2.35. The maximum atomic E-state index is 12.0.